The third-order valence-corrected chi connectivity index (χ3v) is 4.53. The summed E-state index contributed by atoms with van der Waals surface area (Å²) in [5.41, 5.74) is 11.1. The molecule has 1 aliphatic rings. The molecule has 5 N–H and O–H groups in total. The highest BCUT2D eigenvalue weighted by Gasteiger charge is 2.33. The Labute approximate surface area is 127 Å². The molecular formula is C16H28N4O. The number of hydrazine groups is 1. The number of pyridine rings is 1. The summed E-state index contributed by atoms with van der Waals surface area (Å²) in [6, 6.07) is 1.86. The lowest BCUT2D eigenvalue weighted by Crippen LogP contribution is -2.43. The third kappa shape index (κ3) is 3.73. The minimum Gasteiger partial charge on any atom is -0.383 e. The summed E-state index contributed by atoms with van der Waals surface area (Å²) >= 11 is 0. The molecule has 0 aliphatic heterocycles. The molecule has 2 rings (SSSR count). The zero-order chi connectivity index (χ0) is 15.2. The number of nitrogen functional groups attached to an aromatic ring is 1. The number of aryl methyl sites for hydroxylation is 1. The number of aromatic nitrogens is 1. The fourth-order valence-corrected chi connectivity index (χ4v) is 3.50. The Balaban J connectivity index is 2.30. The molecule has 0 radical (unpaired) electrons. The Morgan fingerprint density at radius 3 is 2.67 bits per heavy atom. The highest BCUT2D eigenvalue weighted by molar-refractivity contribution is 5.46. The Hall–Kier alpha value is -1.17. The van der Waals surface area contributed by atoms with Gasteiger partial charge in [0.1, 0.15) is 5.82 Å². The van der Waals surface area contributed by atoms with Crippen LogP contribution in [-0.4, -0.2) is 17.7 Å². The van der Waals surface area contributed by atoms with Crippen molar-refractivity contribution in [3.63, 3.8) is 0 Å². The normalized spacial score (nSPS) is 19.4. The molecule has 1 fully saturated rings. The Morgan fingerprint density at radius 2 is 2.10 bits per heavy atom. The molecule has 5 heteroatoms. The molecule has 0 saturated heterocycles. The summed E-state index contributed by atoms with van der Waals surface area (Å²) in [5.74, 6) is 6.93. The molecule has 0 spiro atoms. The summed E-state index contributed by atoms with van der Waals surface area (Å²) < 4.78 is 6.07. The molecule has 1 saturated carbocycles. The Bertz CT molecular complexity index is 426. The van der Waals surface area contributed by atoms with E-state index in [1.165, 1.54) is 32.1 Å². The van der Waals surface area contributed by atoms with Gasteiger partial charge in [0.2, 0.25) is 0 Å². The van der Waals surface area contributed by atoms with Gasteiger partial charge in [-0.1, -0.05) is 19.3 Å². The van der Waals surface area contributed by atoms with E-state index in [-0.39, 0.29) is 12.1 Å². The van der Waals surface area contributed by atoms with Gasteiger partial charge in [-0.15, -0.1) is 0 Å². The van der Waals surface area contributed by atoms with Crippen molar-refractivity contribution in [1.82, 2.24) is 10.4 Å². The van der Waals surface area contributed by atoms with Crippen molar-refractivity contribution in [2.45, 2.75) is 58.1 Å². The minimum absolute atomic E-state index is 0.0468. The maximum atomic E-state index is 6.10. The molecule has 1 aromatic rings. The van der Waals surface area contributed by atoms with E-state index in [0.29, 0.717) is 18.3 Å². The summed E-state index contributed by atoms with van der Waals surface area (Å²) in [7, 11) is 0. The second kappa shape index (κ2) is 7.73. The monoisotopic (exact) mass is 292 g/mol. The summed E-state index contributed by atoms with van der Waals surface area (Å²) in [5, 5.41) is 0. The van der Waals surface area contributed by atoms with Crippen molar-refractivity contribution in [2.24, 2.45) is 11.8 Å². The average Bonchev–Trinajstić information content (AvgIpc) is 2.50. The molecule has 1 heterocycles. The molecule has 1 aliphatic carbocycles. The van der Waals surface area contributed by atoms with Crippen LogP contribution in [0.5, 0.6) is 0 Å². The zero-order valence-corrected chi connectivity index (χ0v) is 13.1. The maximum Gasteiger partial charge on any atom is 0.128 e. The largest absolute Gasteiger partial charge is 0.383 e. The topological polar surface area (TPSA) is 86.2 Å². The molecule has 2 unspecified atom stereocenters. The van der Waals surface area contributed by atoms with Crippen molar-refractivity contribution in [1.29, 1.82) is 0 Å². The molecule has 0 bridgehead atoms. The van der Waals surface area contributed by atoms with Gasteiger partial charge < -0.3 is 10.5 Å². The van der Waals surface area contributed by atoms with Crippen LogP contribution in [0.3, 0.4) is 0 Å². The fourth-order valence-electron chi connectivity index (χ4n) is 3.50. The standard InChI is InChI=1S/C16H28N4O/c1-3-21-15(12-7-5-4-6-8-12)14(20-18)13-11(2)9-10-19-16(13)17/h9-10,12,14-15,20H,3-8,18H2,1-2H3,(H2,17,19). The molecule has 118 valence electrons. The Kier molecular flexibility index (Phi) is 5.96. The van der Waals surface area contributed by atoms with E-state index in [1.807, 2.05) is 19.9 Å². The molecular weight excluding hydrogens is 264 g/mol. The number of nitrogens with zero attached hydrogens (tertiary/aromatic N) is 1. The first kappa shape index (κ1) is 16.2. The van der Waals surface area contributed by atoms with Gasteiger partial charge in [0.05, 0.1) is 12.1 Å². The van der Waals surface area contributed by atoms with Crippen LogP contribution in [0.15, 0.2) is 12.3 Å². The van der Waals surface area contributed by atoms with Gasteiger partial charge in [0.15, 0.2) is 0 Å². The smallest absolute Gasteiger partial charge is 0.128 e. The van der Waals surface area contributed by atoms with Crippen molar-refractivity contribution in [3.8, 4) is 0 Å². The van der Waals surface area contributed by atoms with Crippen LogP contribution in [0.2, 0.25) is 0 Å². The van der Waals surface area contributed by atoms with Crippen molar-refractivity contribution in [3.05, 3.63) is 23.4 Å². The lowest BCUT2D eigenvalue weighted by atomic mass is 9.80. The first-order valence-corrected chi connectivity index (χ1v) is 7.97. The minimum atomic E-state index is -0.109. The predicted octanol–water partition coefficient (Wildman–Crippen LogP) is 2.46. The van der Waals surface area contributed by atoms with E-state index in [9.17, 15) is 0 Å². The van der Waals surface area contributed by atoms with E-state index in [1.54, 1.807) is 6.20 Å². The van der Waals surface area contributed by atoms with Crippen molar-refractivity contribution >= 4 is 5.82 Å². The molecule has 5 nitrogen and oxygen atoms in total. The lowest BCUT2D eigenvalue weighted by Gasteiger charge is -2.36. The average molecular weight is 292 g/mol. The Morgan fingerprint density at radius 1 is 1.38 bits per heavy atom. The molecule has 1 aromatic heterocycles. The fraction of sp³-hybridized carbons (Fsp3) is 0.688. The highest BCUT2D eigenvalue weighted by Crippen LogP contribution is 2.36. The van der Waals surface area contributed by atoms with Gasteiger partial charge >= 0.3 is 0 Å². The lowest BCUT2D eigenvalue weighted by molar-refractivity contribution is -0.0184. The van der Waals surface area contributed by atoms with Crippen LogP contribution in [-0.2, 0) is 4.74 Å². The predicted molar refractivity (Wildman–Crippen MR) is 85.4 cm³/mol. The van der Waals surface area contributed by atoms with Crippen molar-refractivity contribution < 1.29 is 4.74 Å². The zero-order valence-electron chi connectivity index (χ0n) is 13.1. The number of hydrogen-bond donors (Lipinski definition) is 3. The van der Waals surface area contributed by atoms with E-state index >= 15 is 0 Å². The quantitative estimate of drug-likeness (QED) is 0.554. The van der Waals surface area contributed by atoms with Gasteiger partial charge in [-0.3, -0.25) is 11.3 Å². The number of ether oxygens (including phenoxy) is 1. The highest BCUT2D eigenvalue weighted by atomic mass is 16.5. The molecule has 21 heavy (non-hydrogen) atoms. The van der Waals surface area contributed by atoms with E-state index < -0.39 is 0 Å². The third-order valence-electron chi connectivity index (χ3n) is 4.53. The van der Waals surface area contributed by atoms with Crippen LogP contribution < -0.4 is 17.0 Å². The van der Waals surface area contributed by atoms with Crippen LogP contribution in [0.1, 0.15) is 56.2 Å². The number of nitrogens with two attached hydrogens (primary N) is 2. The first-order chi connectivity index (χ1) is 10.2. The van der Waals surface area contributed by atoms with Gasteiger partial charge in [-0.25, -0.2) is 4.98 Å². The number of hydrogen-bond acceptors (Lipinski definition) is 5. The van der Waals surface area contributed by atoms with Gasteiger partial charge in [-0.2, -0.15) is 0 Å². The van der Waals surface area contributed by atoms with Crippen LogP contribution in [0, 0.1) is 12.8 Å². The van der Waals surface area contributed by atoms with Gasteiger partial charge in [0, 0.05) is 18.4 Å². The van der Waals surface area contributed by atoms with E-state index in [2.05, 4.69) is 10.4 Å². The molecule has 0 amide bonds. The first-order valence-electron chi connectivity index (χ1n) is 7.97. The number of rotatable bonds is 6. The van der Waals surface area contributed by atoms with E-state index in [0.717, 1.165) is 11.1 Å². The second-order valence-corrected chi connectivity index (χ2v) is 5.89. The van der Waals surface area contributed by atoms with Crippen LogP contribution in [0.4, 0.5) is 5.82 Å². The summed E-state index contributed by atoms with van der Waals surface area (Å²) in [6.07, 6.45) is 8.04. The summed E-state index contributed by atoms with van der Waals surface area (Å²) in [4.78, 5) is 4.22. The van der Waals surface area contributed by atoms with E-state index in [4.69, 9.17) is 16.3 Å². The second-order valence-electron chi connectivity index (χ2n) is 5.89. The van der Waals surface area contributed by atoms with Crippen LogP contribution >= 0.6 is 0 Å². The van der Waals surface area contributed by atoms with Gasteiger partial charge in [-0.05, 0) is 44.2 Å². The number of nitrogens with one attached hydrogen (secondary N) is 1. The van der Waals surface area contributed by atoms with Crippen LogP contribution in [0.25, 0.3) is 0 Å². The van der Waals surface area contributed by atoms with Crippen molar-refractivity contribution in [2.75, 3.05) is 12.3 Å². The maximum absolute atomic E-state index is 6.10. The number of anilines is 1. The SMILES string of the molecule is CCOC(C1CCCCC1)C(NN)c1c(C)ccnc1N. The summed E-state index contributed by atoms with van der Waals surface area (Å²) in [6.45, 7) is 4.75. The van der Waals surface area contributed by atoms with Gasteiger partial charge in [0.25, 0.3) is 0 Å². The molecule has 2 atom stereocenters. The molecule has 0 aromatic carbocycles.